The Labute approximate surface area is 120 Å². The van der Waals surface area contributed by atoms with Crippen LogP contribution in [-0.2, 0) is 25.8 Å². The van der Waals surface area contributed by atoms with Gasteiger partial charge in [0.05, 0.1) is 0 Å². The van der Waals surface area contributed by atoms with Crippen molar-refractivity contribution in [1.29, 1.82) is 0 Å². The third-order valence-electron chi connectivity index (χ3n) is 0.586. The molecule has 0 aromatic heterocycles. The van der Waals surface area contributed by atoms with Crippen molar-refractivity contribution < 1.29 is 25.8 Å². The molecule has 0 fully saturated rings. The van der Waals surface area contributed by atoms with E-state index in [2.05, 4.69) is 39.2 Å². The van der Waals surface area contributed by atoms with Crippen LogP contribution in [0, 0.1) is 19.9 Å². The van der Waals surface area contributed by atoms with Gasteiger partial charge in [0.1, 0.15) is 0 Å². The molecule has 1 aliphatic carbocycles. The molecule has 0 bridgehead atoms. The Balaban J connectivity index is -0.0000000276. The quantitative estimate of drug-likeness (QED) is 0.425. The molecule has 0 saturated heterocycles. The van der Waals surface area contributed by atoms with Gasteiger partial charge < -0.3 is 0 Å². The first kappa shape index (κ1) is 29.2. The number of halogens is 2. The summed E-state index contributed by atoms with van der Waals surface area (Å²) in [6.07, 6.45) is 13.0. The predicted octanol–water partition coefficient (Wildman–Crippen LogP) is 4.16. The second kappa shape index (κ2) is 38.0. The van der Waals surface area contributed by atoms with Crippen molar-refractivity contribution in [2.24, 2.45) is 0 Å². The fourth-order valence-corrected chi connectivity index (χ4v) is 0.340. The maximum atomic E-state index is 3.25. The van der Waals surface area contributed by atoms with Gasteiger partial charge in [0, 0.05) is 25.8 Å². The van der Waals surface area contributed by atoms with Gasteiger partial charge in [-0.2, -0.15) is 6.08 Å². The van der Waals surface area contributed by atoms with E-state index in [0.717, 1.165) is 6.42 Å². The van der Waals surface area contributed by atoms with Crippen LogP contribution in [0.25, 0.3) is 0 Å². The summed E-state index contributed by atoms with van der Waals surface area (Å²) in [4.78, 5) is 0. The minimum Gasteiger partial charge on any atom is -0.273 e. The molecule has 1 aliphatic rings. The van der Waals surface area contributed by atoms with Gasteiger partial charge in [-0.3, -0.25) is 6.08 Å². The molecule has 0 aliphatic heterocycles. The Morgan fingerprint density at radius 3 is 1.57 bits per heavy atom. The van der Waals surface area contributed by atoms with Gasteiger partial charge in [0.25, 0.3) is 0 Å². The van der Waals surface area contributed by atoms with Crippen LogP contribution in [0.15, 0.2) is 43.5 Å². The molecule has 0 N–H and O–H groups in total. The van der Waals surface area contributed by atoms with Gasteiger partial charge >= 0.3 is 0 Å². The Bertz CT molecular complexity index is 124. The standard InChI is InChI=1S/C5H5.2C3H5.2ClH.Hf/c1-2-4-5-3-1;2*1-3-2;;;/h1-3H,4H2;2*3H,1-2H2;2*1H;/q3*-1;;;. The van der Waals surface area contributed by atoms with E-state index in [1.807, 2.05) is 12.2 Å². The van der Waals surface area contributed by atoms with Crippen LogP contribution in [0.5, 0.6) is 0 Å². The summed E-state index contributed by atoms with van der Waals surface area (Å²) in [6.45, 7) is 13.0. The van der Waals surface area contributed by atoms with Crippen LogP contribution in [0.3, 0.4) is 0 Å². The van der Waals surface area contributed by atoms with Gasteiger partial charge in [-0.05, 0) is 0 Å². The second-order valence-corrected chi connectivity index (χ2v) is 1.58. The summed E-state index contributed by atoms with van der Waals surface area (Å²) in [6, 6.07) is 0. The van der Waals surface area contributed by atoms with Crippen molar-refractivity contribution in [1.82, 2.24) is 0 Å². The van der Waals surface area contributed by atoms with Gasteiger partial charge in [0.2, 0.25) is 0 Å². The normalized spacial score (nSPS) is 8.00. The van der Waals surface area contributed by atoms with Crippen molar-refractivity contribution in [2.45, 2.75) is 6.42 Å². The van der Waals surface area contributed by atoms with Crippen molar-refractivity contribution in [2.75, 3.05) is 0 Å². The molecule has 0 saturated carbocycles. The SMILES string of the molecule is C=C[CH2-].C=C[CH2-].Cl.Cl.[C-]1=CC=CC1.[Hf]. The first-order valence-corrected chi connectivity index (χ1v) is 3.35. The van der Waals surface area contributed by atoms with E-state index >= 15 is 0 Å². The number of rotatable bonds is 0. The molecule has 0 radical (unpaired) electrons. The topological polar surface area (TPSA) is 0 Å². The molecule has 0 nitrogen and oxygen atoms in total. The summed E-state index contributed by atoms with van der Waals surface area (Å²) >= 11 is 0. The fourth-order valence-electron chi connectivity index (χ4n) is 0.340. The van der Waals surface area contributed by atoms with Crippen LogP contribution in [0.2, 0.25) is 0 Å². The number of hydrogen-bond acceptors (Lipinski definition) is 0. The van der Waals surface area contributed by atoms with Crippen LogP contribution < -0.4 is 0 Å². The fraction of sp³-hybridized carbons (Fsp3) is 0.0909. The molecular formula is C11H17Cl2Hf-3. The zero-order chi connectivity index (χ0) is 8.95. The maximum Gasteiger partial charge on any atom is 0 e. The number of allylic oxidation sites excluding steroid dienone is 6. The number of hydrogen-bond donors (Lipinski definition) is 0. The molecule has 0 aromatic rings. The minimum atomic E-state index is 0. The van der Waals surface area contributed by atoms with E-state index in [9.17, 15) is 0 Å². The average Bonchev–Trinajstić information content (AvgIpc) is 2.44. The van der Waals surface area contributed by atoms with Gasteiger partial charge in [-0.25, -0.2) is 51.3 Å². The molecule has 0 unspecified atom stereocenters. The van der Waals surface area contributed by atoms with Crippen molar-refractivity contribution in [3.05, 3.63) is 63.5 Å². The third-order valence-corrected chi connectivity index (χ3v) is 0.586. The average molecular weight is 399 g/mol. The van der Waals surface area contributed by atoms with E-state index in [1.165, 1.54) is 12.2 Å². The molecule has 0 spiro atoms. The Morgan fingerprint density at radius 1 is 1.14 bits per heavy atom. The van der Waals surface area contributed by atoms with Crippen LogP contribution in [0.4, 0.5) is 0 Å². The molecule has 0 amide bonds. The summed E-state index contributed by atoms with van der Waals surface area (Å²) in [5, 5.41) is 0. The molecule has 0 atom stereocenters. The minimum absolute atomic E-state index is 0. The van der Waals surface area contributed by atoms with Crippen molar-refractivity contribution in [3.63, 3.8) is 0 Å². The van der Waals surface area contributed by atoms with E-state index < -0.39 is 0 Å². The Morgan fingerprint density at radius 2 is 1.50 bits per heavy atom. The van der Waals surface area contributed by atoms with E-state index in [-0.39, 0.29) is 50.7 Å². The van der Waals surface area contributed by atoms with Crippen molar-refractivity contribution >= 4 is 24.8 Å². The molecule has 3 heteroatoms. The van der Waals surface area contributed by atoms with Crippen LogP contribution in [-0.4, -0.2) is 0 Å². The molecule has 0 aromatic carbocycles. The molecular weight excluding hydrogens is 382 g/mol. The van der Waals surface area contributed by atoms with Gasteiger partial charge in [-0.15, -0.1) is 31.2 Å². The predicted molar refractivity (Wildman–Crippen MR) is 67.2 cm³/mol. The van der Waals surface area contributed by atoms with Crippen LogP contribution >= 0.6 is 24.8 Å². The van der Waals surface area contributed by atoms with E-state index in [4.69, 9.17) is 0 Å². The van der Waals surface area contributed by atoms with Gasteiger partial charge in [-0.1, -0.05) is 0 Å². The first-order valence-electron chi connectivity index (χ1n) is 3.35. The molecule has 0 heterocycles. The first-order chi connectivity index (χ1) is 5.33. The van der Waals surface area contributed by atoms with Gasteiger partial charge in [0.15, 0.2) is 0 Å². The Kier molecular flexibility index (Phi) is 79.3. The monoisotopic (exact) mass is 399 g/mol. The van der Waals surface area contributed by atoms with Crippen LogP contribution in [0.1, 0.15) is 6.42 Å². The second-order valence-electron chi connectivity index (χ2n) is 1.58. The largest absolute Gasteiger partial charge is 0.273 e. The Hall–Kier alpha value is 0.150. The van der Waals surface area contributed by atoms with E-state index in [1.54, 1.807) is 0 Å². The summed E-state index contributed by atoms with van der Waals surface area (Å²) in [5.74, 6) is 0. The zero-order valence-corrected chi connectivity index (χ0v) is 13.5. The zero-order valence-electron chi connectivity index (χ0n) is 8.24. The molecule has 1 rings (SSSR count). The maximum absolute atomic E-state index is 3.25. The van der Waals surface area contributed by atoms with Crippen molar-refractivity contribution in [3.8, 4) is 0 Å². The molecule has 14 heavy (non-hydrogen) atoms. The third kappa shape index (κ3) is 57.0. The summed E-state index contributed by atoms with van der Waals surface area (Å²) < 4.78 is 0. The summed E-state index contributed by atoms with van der Waals surface area (Å²) in [7, 11) is 0. The summed E-state index contributed by atoms with van der Waals surface area (Å²) in [5.41, 5.74) is 0. The van der Waals surface area contributed by atoms with E-state index in [0.29, 0.717) is 0 Å². The molecule has 82 valence electrons. The smallest absolute Gasteiger partial charge is 0 e.